The van der Waals surface area contributed by atoms with Crippen LogP contribution < -0.4 is 0 Å². The predicted octanol–water partition coefficient (Wildman–Crippen LogP) is 1.15. The molecular weight excluding hydrogens is 200 g/mol. The van der Waals surface area contributed by atoms with Gasteiger partial charge in [0.05, 0.1) is 6.21 Å². The number of hydrogen-bond acceptors (Lipinski definition) is 2. The summed E-state index contributed by atoms with van der Waals surface area (Å²) in [5, 5.41) is 0. The molecule has 0 rings (SSSR count). The van der Waals surface area contributed by atoms with E-state index in [-0.39, 0.29) is 0 Å². The Morgan fingerprint density at radius 1 is 1.40 bits per heavy atom. The van der Waals surface area contributed by atoms with Crippen molar-refractivity contribution < 1.29 is 9.59 Å². The van der Waals surface area contributed by atoms with Gasteiger partial charge < -0.3 is 0 Å². The number of aliphatic imine (C=N–C) groups is 1. The van der Waals surface area contributed by atoms with Crippen molar-refractivity contribution in [1.82, 2.24) is 0 Å². The van der Waals surface area contributed by atoms with Gasteiger partial charge in [0.2, 0.25) is 0 Å². The van der Waals surface area contributed by atoms with Crippen molar-refractivity contribution in [2.45, 2.75) is 3.79 Å². The number of halogens is 3. The molecule has 0 aliphatic heterocycles. The van der Waals surface area contributed by atoms with Crippen LogP contribution in [0, 0.1) is 0 Å². The number of aldehydes is 1. The van der Waals surface area contributed by atoms with E-state index in [0.29, 0.717) is 12.5 Å². The first kappa shape index (κ1) is 9.88. The summed E-state index contributed by atoms with van der Waals surface area (Å²) < 4.78 is -2.07. The molecule has 0 N–H and O–H groups in total. The number of rotatable bonds is 1. The van der Waals surface area contributed by atoms with Gasteiger partial charge in [0, 0.05) is 0 Å². The van der Waals surface area contributed by atoms with Crippen LogP contribution in [-0.4, -0.2) is 22.2 Å². The topological polar surface area (TPSA) is 46.5 Å². The minimum Gasteiger partial charge on any atom is -0.297 e. The Kier molecular flexibility index (Phi) is 3.86. The van der Waals surface area contributed by atoms with Gasteiger partial charge in [0.25, 0.3) is 9.70 Å². The lowest BCUT2D eigenvalue weighted by Gasteiger charge is -2.01. The minimum atomic E-state index is -2.07. The zero-order valence-corrected chi connectivity index (χ0v) is 6.82. The van der Waals surface area contributed by atoms with E-state index in [9.17, 15) is 9.59 Å². The first-order valence-electron chi connectivity index (χ1n) is 2.07. The summed E-state index contributed by atoms with van der Waals surface area (Å²) in [6.07, 6.45) is 1.03. The van der Waals surface area contributed by atoms with Gasteiger partial charge in [-0.05, 0) is 0 Å². The molecule has 0 spiro atoms. The molecule has 0 unspecified atom stereocenters. The van der Waals surface area contributed by atoms with Crippen LogP contribution in [0.3, 0.4) is 0 Å². The second kappa shape index (κ2) is 3.91. The van der Waals surface area contributed by atoms with Crippen molar-refractivity contribution in [3.63, 3.8) is 0 Å². The lowest BCUT2D eigenvalue weighted by atomic mass is 10.7. The van der Waals surface area contributed by atoms with E-state index in [2.05, 4.69) is 4.99 Å². The van der Waals surface area contributed by atoms with Gasteiger partial charge in [-0.1, -0.05) is 34.8 Å². The smallest absolute Gasteiger partial charge is 0.297 e. The van der Waals surface area contributed by atoms with Gasteiger partial charge in [0.15, 0.2) is 6.29 Å². The van der Waals surface area contributed by atoms with Crippen molar-refractivity contribution >= 4 is 53.2 Å². The van der Waals surface area contributed by atoms with E-state index in [1.54, 1.807) is 0 Å². The molecular formula is C4H2Cl3NO2. The Bertz CT molecular complexity index is 172. The molecule has 0 aliphatic carbocycles. The molecule has 0 atom stereocenters. The monoisotopic (exact) mass is 201 g/mol. The largest absolute Gasteiger partial charge is 0.297 e. The van der Waals surface area contributed by atoms with Crippen LogP contribution in [0.1, 0.15) is 0 Å². The molecule has 0 aromatic carbocycles. The summed E-state index contributed by atoms with van der Waals surface area (Å²) in [6.45, 7) is 0. The second-order valence-electron chi connectivity index (χ2n) is 1.22. The standard InChI is InChI=1S/C4H2Cl3NO2/c5-4(6,7)3(10)8-1-2-9/h1-2H. The molecule has 0 saturated heterocycles. The predicted molar refractivity (Wildman–Crippen MR) is 39.9 cm³/mol. The van der Waals surface area contributed by atoms with Gasteiger partial charge in [-0.2, -0.15) is 0 Å². The Balaban J connectivity index is 4.11. The van der Waals surface area contributed by atoms with Crippen LogP contribution in [0.4, 0.5) is 0 Å². The summed E-state index contributed by atoms with van der Waals surface area (Å²) in [5.41, 5.74) is 0. The van der Waals surface area contributed by atoms with E-state index in [4.69, 9.17) is 34.8 Å². The fraction of sp³-hybridized carbons (Fsp3) is 0.250. The molecule has 3 nitrogen and oxygen atoms in total. The van der Waals surface area contributed by atoms with Crippen LogP contribution >= 0.6 is 34.8 Å². The molecule has 0 aromatic rings. The Hall–Kier alpha value is -0.120. The van der Waals surface area contributed by atoms with Crippen LogP contribution in [0.5, 0.6) is 0 Å². The lowest BCUT2D eigenvalue weighted by molar-refractivity contribution is -0.117. The fourth-order valence-corrected chi connectivity index (χ4v) is 0.318. The fourth-order valence-electron chi connectivity index (χ4n) is 0.171. The summed E-state index contributed by atoms with van der Waals surface area (Å²) in [7, 11) is 0. The molecule has 10 heavy (non-hydrogen) atoms. The van der Waals surface area contributed by atoms with Crippen LogP contribution in [0.25, 0.3) is 0 Å². The summed E-state index contributed by atoms with van der Waals surface area (Å²) in [5.74, 6) is -0.982. The average Bonchev–Trinajstić information content (AvgIpc) is 1.80. The highest BCUT2D eigenvalue weighted by molar-refractivity contribution is 6.76. The van der Waals surface area contributed by atoms with Gasteiger partial charge in [0.1, 0.15) is 0 Å². The third-order valence-corrected chi connectivity index (χ3v) is 0.980. The summed E-state index contributed by atoms with van der Waals surface area (Å²) >= 11 is 15.2. The first-order chi connectivity index (χ1) is 4.48. The molecule has 0 saturated carbocycles. The van der Waals surface area contributed by atoms with Crippen molar-refractivity contribution in [3.8, 4) is 0 Å². The molecule has 6 heteroatoms. The maximum atomic E-state index is 10.5. The highest BCUT2D eigenvalue weighted by Gasteiger charge is 2.29. The molecule has 0 radical (unpaired) electrons. The zero-order valence-electron chi connectivity index (χ0n) is 4.55. The number of nitrogens with zero attached hydrogens (tertiary/aromatic N) is 1. The molecule has 1 amide bonds. The van der Waals surface area contributed by atoms with Crippen molar-refractivity contribution in [1.29, 1.82) is 0 Å². The van der Waals surface area contributed by atoms with Crippen molar-refractivity contribution in [2.75, 3.05) is 0 Å². The van der Waals surface area contributed by atoms with E-state index < -0.39 is 9.70 Å². The minimum absolute atomic E-state index is 0.314. The van der Waals surface area contributed by atoms with E-state index in [0.717, 1.165) is 0 Å². The van der Waals surface area contributed by atoms with Crippen molar-refractivity contribution in [3.05, 3.63) is 0 Å². The number of carbonyl (C=O) groups is 2. The molecule has 0 aliphatic rings. The lowest BCUT2D eigenvalue weighted by Crippen LogP contribution is -2.16. The van der Waals surface area contributed by atoms with E-state index in [1.165, 1.54) is 0 Å². The quantitative estimate of drug-likeness (QED) is 0.364. The van der Waals surface area contributed by atoms with Gasteiger partial charge in [-0.3, -0.25) is 9.59 Å². The van der Waals surface area contributed by atoms with Crippen LogP contribution in [-0.2, 0) is 9.59 Å². The Labute approximate surface area is 72.0 Å². The molecule has 0 heterocycles. The zero-order chi connectivity index (χ0) is 8.20. The Morgan fingerprint density at radius 2 is 1.90 bits per heavy atom. The number of alkyl halides is 3. The maximum Gasteiger partial charge on any atom is 0.297 e. The normalized spacial score (nSPS) is 11.9. The first-order valence-corrected chi connectivity index (χ1v) is 3.21. The second-order valence-corrected chi connectivity index (χ2v) is 3.50. The van der Waals surface area contributed by atoms with E-state index in [1.807, 2.05) is 0 Å². The summed E-state index contributed by atoms with van der Waals surface area (Å²) in [4.78, 5) is 23.1. The van der Waals surface area contributed by atoms with Crippen molar-refractivity contribution in [2.24, 2.45) is 4.99 Å². The molecule has 0 aromatic heterocycles. The Morgan fingerprint density at radius 3 is 2.20 bits per heavy atom. The average molecular weight is 202 g/mol. The SMILES string of the molecule is O=CC=NC(=O)C(Cl)(Cl)Cl. The number of amides is 1. The highest BCUT2D eigenvalue weighted by Crippen LogP contribution is 2.26. The molecule has 56 valence electrons. The van der Waals surface area contributed by atoms with Gasteiger partial charge in [-0.25, -0.2) is 4.99 Å². The maximum absolute atomic E-state index is 10.5. The number of carbonyl (C=O) groups excluding carboxylic acids is 2. The molecule has 0 fully saturated rings. The third kappa shape index (κ3) is 3.82. The third-order valence-electron chi connectivity index (χ3n) is 0.495. The van der Waals surface area contributed by atoms with Crippen LogP contribution in [0.15, 0.2) is 4.99 Å². The van der Waals surface area contributed by atoms with Gasteiger partial charge in [-0.15, -0.1) is 0 Å². The van der Waals surface area contributed by atoms with E-state index >= 15 is 0 Å². The van der Waals surface area contributed by atoms with Crippen LogP contribution in [0.2, 0.25) is 0 Å². The highest BCUT2D eigenvalue weighted by atomic mass is 35.6. The number of hydrogen-bond donors (Lipinski definition) is 0. The van der Waals surface area contributed by atoms with Gasteiger partial charge >= 0.3 is 0 Å². The molecule has 0 bridgehead atoms. The summed E-state index contributed by atoms with van der Waals surface area (Å²) in [6, 6.07) is 0.